The van der Waals surface area contributed by atoms with E-state index in [1.165, 1.54) is 16.9 Å². The van der Waals surface area contributed by atoms with E-state index in [-0.39, 0.29) is 5.91 Å². The molecule has 5 nitrogen and oxygen atoms in total. The summed E-state index contributed by atoms with van der Waals surface area (Å²) in [6.07, 6.45) is 0.829. The molecule has 0 spiro atoms. The maximum Gasteiger partial charge on any atom is 0.260 e. The Morgan fingerprint density at radius 1 is 0.970 bits per heavy atom. The highest BCUT2D eigenvalue weighted by Crippen LogP contribution is 2.39. The number of anilines is 1. The van der Waals surface area contributed by atoms with Gasteiger partial charge in [0, 0.05) is 18.7 Å². The molecule has 0 radical (unpaired) electrons. The van der Waals surface area contributed by atoms with Crippen LogP contribution in [0.1, 0.15) is 21.5 Å². The standard InChI is InChI=1S/C26H26ClN3O2S/c1-29(2)15-16-30(26-28-23-22(32-3)14-13-21(27)24(23)33-26)25(31)20-11-9-19(10-12-20)17-18-7-5-4-6-8-18/h4-14H,15-17H2,1-3H3. The van der Waals surface area contributed by atoms with Gasteiger partial charge in [-0.15, -0.1) is 0 Å². The third-order valence-corrected chi connectivity index (χ3v) is 6.90. The van der Waals surface area contributed by atoms with E-state index < -0.39 is 0 Å². The van der Waals surface area contributed by atoms with Crippen LogP contribution < -0.4 is 9.64 Å². The Bertz CT molecular complexity index is 1240. The molecule has 0 saturated carbocycles. The van der Waals surface area contributed by atoms with Gasteiger partial charge >= 0.3 is 0 Å². The van der Waals surface area contributed by atoms with Crippen molar-refractivity contribution in [1.82, 2.24) is 9.88 Å². The molecule has 0 saturated heterocycles. The highest BCUT2D eigenvalue weighted by Gasteiger charge is 2.23. The Morgan fingerprint density at radius 3 is 2.33 bits per heavy atom. The van der Waals surface area contributed by atoms with E-state index in [2.05, 4.69) is 12.1 Å². The third-order valence-electron chi connectivity index (χ3n) is 5.37. The summed E-state index contributed by atoms with van der Waals surface area (Å²) in [6.45, 7) is 1.22. The number of ether oxygens (including phenoxy) is 1. The van der Waals surface area contributed by atoms with E-state index in [1.54, 1.807) is 24.1 Å². The van der Waals surface area contributed by atoms with Crippen molar-refractivity contribution in [1.29, 1.82) is 0 Å². The number of likely N-dealkylation sites (N-methyl/N-ethyl adjacent to an activating group) is 1. The highest BCUT2D eigenvalue weighted by molar-refractivity contribution is 7.23. The number of carbonyl (C=O) groups excluding carboxylic acids is 1. The second kappa shape index (κ2) is 10.3. The van der Waals surface area contributed by atoms with Gasteiger partial charge in [0.15, 0.2) is 5.13 Å². The number of aromatic nitrogens is 1. The lowest BCUT2D eigenvalue weighted by Crippen LogP contribution is -2.36. The predicted molar refractivity (Wildman–Crippen MR) is 137 cm³/mol. The maximum atomic E-state index is 13.6. The number of carbonyl (C=O) groups is 1. The van der Waals surface area contributed by atoms with Crippen LogP contribution in [-0.4, -0.2) is 50.1 Å². The number of halogens is 1. The molecule has 0 atom stereocenters. The summed E-state index contributed by atoms with van der Waals surface area (Å²) in [7, 11) is 5.58. The third kappa shape index (κ3) is 5.36. The van der Waals surface area contributed by atoms with Gasteiger partial charge in [-0.05, 0) is 55.9 Å². The number of rotatable bonds is 8. The zero-order valence-corrected chi connectivity index (χ0v) is 20.5. The molecular weight excluding hydrogens is 454 g/mol. The SMILES string of the molecule is COc1ccc(Cl)c2sc(N(CCN(C)C)C(=O)c3ccc(Cc4ccccc4)cc3)nc12. The Hall–Kier alpha value is -2.93. The minimum absolute atomic E-state index is 0.0859. The van der Waals surface area contributed by atoms with E-state index in [1.807, 2.05) is 61.5 Å². The van der Waals surface area contributed by atoms with Crippen LogP contribution >= 0.6 is 22.9 Å². The summed E-state index contributed by atoms with van der Waals surface area (Å²) in [5.74, 6) is 0.555. The fourth-order valence-corrected chi connectivity index (χ4v) is 4.84. The topological polar surface area (TPSA) is 45.7 Å². The molecule has 1 amide bonds. The summed E-state index contributed by atoms with van der Waals surface area (Å²) in [6, 6.07) is 21.7. The van der Waals surface area contributed by atoms with Gasteiger partial charge in [-0.3, -0.25) is 9.69 Å². The van der Waals surface area contributed by atoms with Crippen molar-refractivity contribution in [3.8, 4) is 5.75 Å². The lowest BCUT2D eigenvalue weighted by atomic mass is 10.0. The number of nitrogens with zero attached hydrogens (tertiary/aromatic N) is 3. The Morgan fingerprint density at radius 2 is 1.67 bits per heavy atom. The highest BCUT2D eigenvalue weighted by atomic mass is 35.5. The molecule has 0 aliphatic heterocycles. The fourth-order valence-electron chi connectivity index (χ4n) is 3.56. The second-order valence-electron chi connectivity index (χ2n) is 8.04. The number of fused-ring (bicyclic) bond motifs is 1. The first-order valence-electron chi connectivity index (χ1n) is 10.7. The molecule has 0 N–H and O–H groups in total. The average molecular weight is 480 g/mol. The monoisotopic (exact) mass is 479 g/mol. The molecule has 4 rings (SSSR count). The van der Waals surface area contributed by atoms with Crippen molar-refractivity contribution in [2.24, 2.45) is 0 Å². The molecule has 1 heterocycles. The van der Waals surface area contributed by atoms with Crippen molar-refractivity contribution < 1.29 is 9.53 Å². The minimum atomic E-state index is -0.0859. The van der Waals surface area contributed by atoms with Crippen molar-refractivity contribution in [3.05, 3.63) is 88.4 Å². The van der Waals surface area contributed by atoms with Crippen molar-refractivity contribution >= 4 is 44.2 Å². The van der Waals surface area contributed by atoms with Crippen LogP contribution in [0.5, 0.6) is 5.75 Å². The van der Waals surface area contributed by atoms with Crippen molar-refractivity contribution in [2.75, 3.05) is 39.2 Å². The largest absolute Gasteiger partial charge is 0.494 e. The number of hydrogen-bond donors (Lipinski definition) is 0. The second-order valence-corrected chi connectivity index (χ2v) is 9.43. The van der Waals surface area contributed by atoms with Gasteiger partial charge in [0.05, 0.1) is 16.8 Å². The Balaban J connectivity index is 1.63. The van der Waals surface area contributed by atoms with Crippen LogP contribution in [0.2, 0.25) is 5.02 Å². The van der Waals surface area contributed by atoms with Gasteiger partial charge in [0.1, 0.15) is 11.3 Å². The normalized spacial score (nSPS) is 11.2. The van der Waals surface area contributed by atoms with E-state index >= 15 is 0 Å². The molecule has 0 aliphatic carbocycles. The minimum Gasteiger partial charge on any atom is -0.494 e. The predicted octanol–water partition coefficient (Wildman–Crippen LogP) is 5.76. The van der Waals surface area contributed by atoms with Crippen molar-refractivity contribution in [2.45, 2.75) is 6.42 Å². The first-order valence-corrected chi connectivity index (χ1v) is 11.9. The van der Waals surface area contributed by atoms with Crippen LogP contribution in [0.15, 0.2) is 66.7 Å². The number of hydrogen-bond acceptors (Lipinski definition) is 5. The summed E-state index contributed by atoms with van der Waals surface area (Å²) >= 11 is 7.82. The van der Waals surface area contributed by atoms with Gasteiger partial charge in [0.2, 0.25) is 0 Å². The number of benzene rings is 3. The molecule has 33 heavy (non-hydrogen) atoms. The van der Waals surface area contributed by atoms with Gasteiger partial charge in [-0.1, -0.05) is 65.4 Å². The zero-order valence-electron chi connectivity index (χ0n) is 18.9. The fraction of sp³-hybridized carbons (Fsp3) is 0.231. The molecule has 1 aromatic heterocycles. The summed E-state index contributed by atoms with van der Waals surface area (Å²) < 4.78 is 6.27. The molecule has 3 aromatic carbocycles. The van der Waals surface area contributed by atoms with Gasteiger partial charge in [-0.25, -0.2) is 4.98 Å². The van der Waals surface area contributed by atoms with Crippen LogP contribution in [0.3, 0.4) is 0 Å². The molecule has 7 heteroatoms. The molecule has 0 bridgehead atoms. The average Bonchev–Trinajstić information content (AvgIpc) is 3.26. The zero-order chi connectivity index (χ0) is 23.4. The van der Waals surface area contributed by atoms with E-state index in [0.717, 1.165) is 16.7 Å². The summed E-state index contributed by atoms with van der Waals surface area (Å²) in [5, 5.41) is 1.21. The van der Waals surface area contributed by atoms with Gasteiger partial charge in [-0.2, -0.15) is 0 Å². The van der Waals surface area contributed by atoms with Crippen molar-refractivity contribution in [3.63, 3.8) is 0 Å². The van der Waals surface area contributed by atoms with E-state index in [4.69, 9.17) is 21.3 Å². The maximum absolute atomic E-state index is 13.6. The molecular formula is C26H26ClN3O2S. The van der Waals surface area contributed by atoms with Crippen LogP contribution in [0.25, 0.3) is 10.2 Å². The van der Waals surface area contributed by atoms with Crippen LogP contribution in [0, 0.1) is 0 Å². The molecule has 4 aromatic rings. The van der Waals surface area contributed by atoms with Gasteiger partial charge in [0.25, 0.3) is 5.91 Å². The Labute approximate surface area is 203 Å². The van der Waals surface area contributed by atoms with Gasteiger partial charge < -0.3 is 9.64 Å². The quantitative estimate of drug-likeness (QED) is 0.322. The first kappa shape index (κ1) is 23.2. The smallest absolute Gasteiger partial charge is 0.260 e. The number of thiazole rings is 1. The molecule has 0 fully saturated rings. The van der Waals surface area contributed by atoms with Crippen LogP contribution in [0.4, 0.5) is 5.13 Å². The van der Waals surface area contributed by atoms with Crippen LogP contribution in [-0.2, 0) is 6.42 Å². The number of amides is 1. The summed E-state index contributed by atoms with van der Waals surface area (Å²) in [5.41, 5.74) is 3.70. The first-order chi connectivity index (χ1) is 16.0. The molecule has 0 unspecified atom stereocenters. The lowest BCUT2D eigenvalue weighted by molar-refractivity contribution is 0.0985. The van der Waals surface area contributed by atoms with E-state index in [0.29, 0.717) is 40.1 Å². The van der Waals surface area contributed by atoms with E-state index in [9.17, 15) is 4.79 Å². The number of methoxy groups -OCH3 is 1. The molecule has 0 aliphatic rings. The summed E-state index contributed by atoms with van der Waals surface area (Å²) in [4.78, 5) is 22.1. The molecule has 170 valence electrons. The Kier molecular flexibility index (Phi) is 7.28. The lowest BCUT2D eigenvalue weighted by Gasteiger charge is -2.22.